The molecular formula is C21H21FN2O3S2. The smallest absolute Gasteiger partial charge is 0.248 e. The molecule has 2 heterocycles. The van der Waals surface area contributed by atoms with Gasteiger partial charge in [0.05, 0.1) is 17.5 Å². The second kappa shape index (κ2) is 8.28. The highest BCUT2D eigenvalue weighted by Crippen LogP contribution is 2.41. The standard InChI is InChI=1S/C21H21FN2O3S2/c22-16-9-11-17(12-10-16)24-18-13-29(26,27)14-19(18)28-21(24)23-20(25)8-4-7-15-5-2-1-3-6-15/h1-3,5-6,9-12,18-19H,4,7-8,13-14H2/t18-,19-/m0/s1. The summed E-state index contributed by atoms with van der Waals surface area (Å²) in [6.45, 7) is 0. The van der Waals surface area contributed by atoms with Crippen LogP contribution in [0, 0.1) is 5.82 Å². The van der Waals surface area contributed by atoms with Gasteiger partial charge in [0.15, 0.2) is 15.0 Å². The number of anilines is 1. The van der Waals surface area contributed by atoms with Gasteiger partial charge in [-0.3, -0.25) is 4.79 Å². The van der Waals surface area contributed by atoms with Gasteiger partial charge in [0.25, 0.3) is 0 Å². The highest BCUT2D eigenvalue weighted by molar-refractivity contribution is 8.16. The fraction of sp³-hybridized carbons (Fsp3) is 0.333. The Morgan fingerprint density at radius 3 is 2.55 bits per heavy atom. The van der Waals surface area contributed by atoms with E-state index in [0.29, 0.717) is 23.7 Å². The molecule has 5 nitrogen and oxygen atoms in total. The first-order valence-electron chi connectivity index (χ1n) is 9.49. The third-order valence-corrected chi connectivity index (χ3v) is 8.30. The van der Waals surface area contributed by atoms with Crippen LogP contribution in [0.25, 0.3) is 0 Å². The normalized spacial score (nSPS) is 24.0. The summed E-state index contributed by atoms with van der Waals surface area (Å²) in [6.07, 6.45) is 1.82. The highest BCUT2D eigenvalue weighted by Gasteiger charge is 2.49. The summed E-state index contributed by atoms with van der Waals surface area (Å²) >= 11 is 1.33. The number of rotatable bonds is 5. The number of hydrogen-bond donors (Lipinski definition) is 0. The van der Waals surface area contributed by atoms with Crippen molar-refractivity contribution in [3.05, 3.63) is 66.0 Å². The zero-order valence-electron chi connectivity index (χ0n) is 15.7. The molecule has 4 rings (SSSR count). The number of fused-ring (bicyclic) bond motifs is 1. The number of halogens is 1. The number of aliphatic imine (C=N–C) groups is 1. The van der Waals surface area contributed by atoms with Crippen LogP contribution in [0.15, 0.2) is 59.6 Å². The molecule has 2 aliphatic rings. The zero-order valence-corrected chi connectivity index (χ0v) is 17.3. The predicted molar refractivity (Wildman–Crippen MR) is 115 cm³/mol. The third-order valence-electron chi connectivity index (χ3n) is 5.09. The molecule has 0 bridgehead atoms. The molecule has 0 unspecified atom stereocenters. The van der Waals surface area contributed by atoms with Crippen LogP contribution < -0.4 is 4.90 Å². The van der Waals surface area contributed by atoms with E-state index < -0.39 is 9.84 Å². The summed E-state index contributed by atoms with van der Waals surface area (Å²) in [5.41, 5.74) is 1.83. The van der Waals surface area contributed by atoms with Crippen LogP contribution in [0.1, 0.15) is 18.4 Å². The Morgan fingerprint density at radius 1 is 1.10 bits per heavy atom. The maximum absolute atomic E-state index is 13.3. The van der Waals surface area contributed by atoms with Crippen molar-refractivity contribution in [2.75, 3.05) is 16.4 Å². The minimum atomic E-state index is -3.13. The minimum Gasteiger partial charge on any atom is -0.316 e. The van der Waals surface area contributed by atoms with Gasteiger partial charge in [-0.15, -0.1) is 0 Å². The first kappa shape index (κ1) is 20.1. The lowest BCUT2D eigenvalue weighted by Gasteiger charge is -2.24. The predicted octanol–water partition coefficient (Wildman–Crippen LogP) is 3.45. The van der Waals surface area contributed by atoms with E-state index in [0.717, 1.165) is 6.42 Å². The molecule has 0 saturated carbocycles. The van der Waals surface area contributed by atoms with Gasteiger partial charge < -0.3 is 4.90 Å². The zero-order chi connectivity index (χ0) is 20.4. The second-order valence-electron chi connectivity index (χ2n) is 7.27. The average molecular weight is 433 g/mol. The van der Waals surface area contributed by atoms with Crippen LogP contribution in [0.3, 0.4) is 0 Å². The summed E-state index contributed by atoms with van der Waals surface area (Å²) in [6, 6.07) is 15.5. The van der Waals surface area contributed by atoms with Crippen molar-refractivity contribution in [2.45, 2.75) is 30.6 Å². The molecule has 8 heteroatoms. The summed E-state index contributed by atoms with van der Waals surface area (Å²) in [5.74, 6) is -0.505. The van der Waals surface area contributed by atoms with E-state index in [-0.39, 0.29) is 34.5 Å². The molecule has 1 amide bonds. The van der Waals surface area contributed by atoms with Gasteiger partial charge in [0.2, 0.25) is 5.91 Å². The van der Waals surface area contributed by atoms with Crippen molar-refractivity contribution in [1.29, 1.82) is 0 Å². The van der Waals surface area contributed by atoms with Crippen LogP contribution >= 0.6 is 11.8 Å². The summed E-state index contributed by atoms with van der Waals surface area (Å²) in [7, 11) is -3.13. The minimum absolute atomic E-state index is 0.0171. The molecule has 0 spiro atoms. The van der Waals surface area contributed by atoms with Crippen molar-refractivity contribution >= 4 is 38.4 Å². The Hall–Kier alpha value is -2.19. The van der Waals surface area contributed by atoms with Crippen molar-refractivity contribution in [3.8, 4) is 0 Å². The molecule has 0 aliphatic carbocycles. The van der Waals surface area contributed by atoms with Gasteiger partial charge in [-0.05, 0) is 42.7 Å². The number of amides is 1. The van der Waals surface area contributed by atoms with Crippen molar-refractivity contribution < 1.29 is 17.6 Å². The molecule has 2 atom stereocenters. The summed E-state index contributed by atoms with van der Waals surface area (Å²) < 4.78 is 37.5. The lowest BCUT2D eigenvalue weighted by Crippen LogP contribution is -2.37. The summed E-state index contributed by atoms with van der Waals surface area (Å²) in [5, 5.41) is 0.340. The van der Waals surface area contributed by atoms with E-state index in [2.05, 4.69) is 4.99 Å². The number of carbonyl (C=O) groups excluding carboxylic acids is 1. The molecule has 2 aliphatic heterocycles. The molecule has 2 saturated heterocycles. The van der Waals surface area contributed by atoms with Gasteiger partial charge >= 0.3 is 0 Å². The fourth-order valence-electron chi connectivity index (χ4n) is 3.72. The molecular weight excluding hydrogens is 411 g/mol. The number of benzene rings is 2. The maximum atomic E-state index is 13.3. The Kier molecular flexibility index (Phi) is 5.74. The molecule has 152 valence electrons. The molecule has 0 radical (unpaired) electrons. The van der Waals surface area contributed by atoms with Crippen LogP contribution in [-0.2, 0) is 21.1 Å². The summed E-state index contributed by atoms with van der Waals surface area (Å²) in [4.78, 5) is 18.5. The Labute approximate surface area is 173 Å². The van der Waals surface area contributed by atoms with E-state index in [9.17, 15) is 17.6 Å². The van der Waals surface area contributed by atoms with E-state index in [1.54, 1.807) is 17.0 Å². The van der Waals surface area contributed by atoms with Gasteiger partial charge in [-0.1, -0.05) is 42.1 Å². The second-order valence-corrected chi connectivity index (χ2v) is 10.6. The van der Waals surface area contributed by atoms with Gasteiger partial charge in [0.1, 0.15) is 5.82 Å². The average Bonchev–Trinajstić information content (AvgIpc) is 3.14. The fourth-order valence-corrected chi connectivity index (χ4v) is 7.65. The van der Waals surface area contributed by atoms with E-state index in [4.69, 9.17) is 0 Å². The molecule has 29 heavy (non-hydrogen) atoms. The number of aryl methyl sites for hydroxylation is 1. The number of carbonyl (C=O) groups is 1. The molecule has 0 N–H and O–H groups in total. The highest BCUT2D eigenvalue weighted by atomic mass is 32.2. The monoisotopic (exact) mass is 432 g/mol. The number of thioether (sulfide) groups is 1. The van der Waals surface area contributed by atoms with Crippen molar-refractivity contribution in [2.24, 2.45) is 4.99 Å². The van der Waals surface area contributed by atoms with Crippen LogP contribution in [0.2, 0.25) is 0 Å². The largest absolute Gasteiger partial charge is 0.316 e. The Balaban J connectivity index is 1.50. The molecule has 0 aromatic heterocycles. The van der Waals surface area contributed by atoms with Crippen molar-refractivity contribution in [1.82, 2.24) is 0 Å². The first-order valence-corrected chi connectivity index (χ1v) is 12.2. The topological polar surface area (TPSA) is 66.8 Å². The van der Waals surface area contributed by atoms with Gasteiger partial charge in [0, 0.05) is 17.4 Å². The third kappa shape index (κ3) is 4.70. The van der Waals surface area contributed by atoms with E-state index >= 15 is 0 Å². The number of sulfone groups is 1. The quantitative estimate of drug-likeness (QED) is 0.724. The number of hydrogen-bond acceptors (Lipinski definition) is 4. The van der Waals surface area contributed by atoms with Crippen molar-refractivity contribution in [3.63, 3.8) is 0 Å². The maximum Gasteiger partial charge on any atom is 0.248 e. The molecule has 2 aromatic carbocycles. The lowest BCUT2D eigenvalue weighted by molar-refractivity contribution is -0.117. The van der Waals surface area contributed by atoms with Crippen LogP contribution in [0.5, 0.6) is 0 Å². The number of amidine groups is 1. The Morgan fingerprint density at radius 2 is 1.83 bits per heavy atom. The number of nitrogens with zero attached hydrogens (tertiary/aromatic N) is 2. The molecule has 2 fully saturated rings. The van der Waals surface area contributed by atoms with Crippen LogP contribution in [-0.4, -0.2) is 42.3 Å². The van der Waals surface area contributed by atoms with Gasteiger partial charge in [-0.2, -0.15) is 4.99 Å². The van der Waals surface area contributed by atoms with E-state index in [1.807, 2.05) is 30.3 Å². The van der Waals surface area contributed by atoms with E-state index in [1.165, 1.54) is 29.5 Å². The SMILES string of the molecule is O=C(CCCc1ccccc1)N=C1S[C@H]2CS(=O)(=O)C[C@@H]2N1c1ccc(F)cc1. The van der Waals surface area contributed by atoms with Gasteiger partial charge in [-0.25, -0.2) is 12.8 Å². The lowest BCUT2D eigenvalue weighted by atomic mass is 10.1. The molecule has 2 aromatic rings. The first-order chi connectivity index (χ1) is 13.9. The Bertz CT molecular complexity index is 1020. The van der Waals surface area contributed by atoms with Crippen LogP contribution in [0.4, 0.5) is 10.1 Å².